The van der Waals surface area contributed by atoms with Crippen molar-refractivity contribution in [3.8, 4) is 0 Å². The number of hydrogen-bond acceptors (Lipinski definition) is 4. The first-order valence-corrected chi connectivity index (χ1v) is 9.08. The van der Waals surface area contributed by atoms with Crippen molar-refractivity contribution in [3.63, 3.8) is 0 Å². The molecule has 0 amide bonds. The van der Waals surface area contributed by atoms with E-state index in [1.54, 1.807) is 0 Å². The number of aryl methyl sites for hydroxylation is 1. The highest BCUT2D eigenvalue weighted by Gasteiger charge is 2.23. The molecule has 1 unspecified atom stereocenters. The number of likely N-dealkylation sites (N-methyl/N-ethyl adjacent to an activating group) is 1. The van der Waals surface area contributed by atoms with Gasteiger partial charge in [-0.15, -0.1) is 0 Å². The average Bonchev–Trinajstić information content (AvgIpc) is 3.08. The maximum Gasteiger partial charge on any atom is 0.122 e. The van der Waals surface area contributed by atoms with Crippen molar-refractivity contribution in [3.05, 3.63) is 48.3 Å². The van der Waals surface area contributed by atoms with Gasteiger partial charge in [0.25, 0.3) is 0 Å². The Kier molecular flexibility index (Phi) is 5.99. The molecule has 1 aliphatic rings. The highest BCUT2D eigenvalue weighted by atomic mass is 15.2. The van der Waals surface area contributed by atoms with Gasteiger partial charge < -0.3 is 9.47 Å². The van der Waals surface area contributed by atoms with Crippen LogP contribution in [-0.4, -0.2) is 57.1 Å². The molecule has 5 heteroatoms. The molecule has 1 atom stereocenters. The van der Waals surface area contributed by atoms with Crippen LogP contribution in [0.5, 0.6) is 0 Å². The lowest BCUT2D eigenvalue weighted by Crippen LogP contribution is -2.46. The van der Waals surface area contributed by atoms with Crippen LogP contribution in [0.4, 0.5) is 0 Å². The van der Waals surface area contributed by atoms with Crippen molar-refractivity contribution in [2.24, 2.45) is 0 Å². The molecular formula is C19H29N5. The second kappa shape index (κ2) is 8.40. The lowest BCUT2D eigenvalue weighted by molar-refractivity contribution is 0.109. The van der Waals surface area contributed by atoms with E-state index in [-0.39, 0.29) is 0 Å². The third kappa shape index (κ3) is 4.42. The molecule has 3 heterocycles. The molecule has 5 nitrogen and oxygen atoms in total. The topological polar surface area (TPSA) is 37.2 Å². The predicted molar refractivity (Wildman–Crippen MR) is 96.8 cm³/mol. The van der Waals surface area contributed by atoms with Crippen molar-refractivity contribution in [1.29, 1.82) is 0 Å². The fraction of sp³-hybridized carbons (Fsp3) is 0.579. The molecule has 2 aromatic heterocycles. The summed E-state index contributed by atoms with van der Waals surface area (Å²) in [6.45, 7) is 7.52. The second-order valence-corrected chi connectivity index (χ2v) is 6.71. The summed E-state index contributed by atoms with van der Waals surface area (Å²) < 4.78 is 2.24. The van der Waals surface area contributed by atoms with Crippen molar-refractivity contribution in [2.45, 2.75) is 45.3 Å². The zero-order valence-electron chi connectivity index (χ0n) is 14.9. The van der Waals surface area contributed by atoms with E-state index in [1.807, 2.05) is 18.5 Å². The van der Waals surface area contributed by atoms with E-state index < -0.39 is 0 Å². The number of nitrogens with zero attached hydrogens (tertiary/aromatic N) is 5. The van der Waals surface area contributed by atoms with Gasteiger partial charge in [-0.25, -0.2) is 4.98 Å². The molecule has 3 rings (SSSR count). The number of hydrogen-bond donors (Lipinski definition) is 0. The van der Waals surface area contributed by atoms with E-state index in [0.29, 0.717) is 6.04 Å². The van der Waals surface area contributed by atoms with Crippen LogP contribution in [0, 0.1) is 0 Å². The Morgan fingerprint density at radius 3 is 2.96 bits per heavy atom. The molecular weight excluding hydrogens is 298 g/mol. The minimum Gasteiger partial charge on any atom is -0.334 e. The third-order valence-electron chi connectivity index (χ3n) is 5.06. The highest BCUT2D eigenvalue weighted by molar-refractivity contribution is 5.04. The van der Waals surface area contributed by atoms with Crippen molar-refractivity contribution in [2.75, 3.05) is 26.7 Å². The van der Waals surface area contributed by atoms with E-state index in [1.165, 1.54) is 30.9 Å². The lowest BCUT2D eigenvalue weighted by Gasteiger charge is -2.37. The second-order valence-electron chi connectivity index (χ2n) is 6.71. The van der Waals surface area contributed by atoms with E-state index in [0.717, 1.165) is 32.6 Å². The van der Waals surface area contributed by atoms with Gasteiger partial charge in [-0.1, -0.05) is 6.07 Å². The molecule has 0 saturated carbocycles. The van der Waals surface area contributed by atoms with Crippen LogP contribution in [0.25, 0.3) is 0 Å². The molecule has 1 aliphatic heterocycles. The number of imidazole rings is 1. The van der Waals surface area contributed by atoms with Crippen molar-refractivity contribution >= 4 is 0 Å². The normalized spacial score (nSPS) is 19.0. The largest absolute Gasteiger partial charge is 0.334 e. The number of piperidine rings is 1. The molecule has 0 N–H and O–H groups in total. The van der Waals surface area contributed by atoms with Crippen LogP contribution in [0.15, 0.2) is 36.8 Å². The number of pyridine rings is 1. The molecule has 0 bridgehead atoms. The maximum atomic E-state index is 4.53. The summed E-state index contributed by atoms with van der Waals surface area (Å²) >= 11 is 0. The molecule has 1 fully saturated rings. The summed E-state index contributed by atoms with van der Waals surface area (Å²) in [5.74, 6) is 1.19. The molecule has 24 heavy (non-hydrogen) atoms. The first kappa shape index (κ1) is 17.1. The van der Waals surface area contributed by atoms with Gasteiger partial charge in [-0.3, -0.25) is 9.88 Å². The molecule has 1 saturated heterocycles. The maximum absolute atomic E-state index is 4.53. The van der Waals surface area contributed by atoms with Crippen LogP contribution < -0.4 is 0 Å². The number of likely N-dealkylation sites (tertiary alicyclic amines) is 1. The summed E-state index contributed by atoms with van der Waals surface area (Å²) in [4.78, 5) is 14.0. The fourth-order valence-corrected chi connectivity index (χ4v) is 3.53. The summed E-state index contributed by atoms with van der Waals surface area (Å²) in [7, 11) is 2.25. The minimum absolute atomic E-state index is 0.632. The van der Waals surface area contributed by atoms with Crippen molar-refractivity contribution in [1.82, 2.24) is 24.3 Å². The first-order valence-electron chi connectivity index (χ1n) is 9.08. The zero-order chi connectivity index (χ0) is 16.8. The van der Waals surface area contributed by atoms with Crippen molar-refractivity contribution < 1.29 is 0 Å². The smallest absolute Gasteiger partial charge is 0.122 e. The third-order valence-corrected chi connectivity index (χ3v) is 5.06. The van der Waals surface area contributed by atoms with Crippen LogP contribution in [0.2, 0.25) is 0 Å². The van der Waals surface area contributed by atoms with Crippen LogP contribution >= 0.6 is 0 Å². The molecule has 0 aromatic carbocycles. The highest BCUT2D eigenvalue weighted by Crippen LogP contribution is 2.17. The summed E-state index contributed by atoms with van der Waals surface area (Å²) in [6.07, 6.45) is 9.46. The SMILES string of the molecule is CCn1ccnc1CN1CCCC(N(C)CCc2ccccn2)C1. The van der Waals surface area contributed by atoms with E-state index in [2.05, 4.69) is 56.6 Å². The Morgan fingerprint density at radius 1 is 1.25 bits per heavy atom. The van der Waals surface area contributed by atoms with Gasteiger partial charge in [0.15, 0.2) is 0 Å². The van der Waals surface area contributed by atoms with Crippen LogP contribution in [-0.2, 0) is 19.5 Å². The van der Waals surface area contributed by atoms with Gasteiger partial charge in [0.1, 0.15) is 5.82 Å². The Hall–Kier alpha value is -1.72. The molecule has 0 aliphatic carbocycles. The Morgan fingerprint density at radius 2 is 2.17 bits per heavy atom. The van der Waals surface area contributed by atoms with Gasteiger partial charge >= 0.3 is 0 Å². The summed E-state index contributed by atoms with van der Waals surface area (Å²) in [5, 5.41) is 0. The van der Waals surface area contributed by atoms with Crippen LogP contribution in [0.3, 0.4) is 0 Å². The lowest BCUT2D eigenvalue weighted by atomic mass is 10.0. The minimum atomic E-state index is 0.632. The predicted octanol–water partition coefficient (Wildman–Crippen LogP) is 2.44. The van der Waals surface area contributed by atoms with Gasteiger partial charge in [-0.2, -0.15) is 0 Å². The van der Waals surface area contributed by atoms with Gasteiger partial charge in [0.2, 0.25) is 0 Å². The zero-order valence-corrected chi connectivity index (χ0v) is 14.9. The Labute approximate surface area is 145 Å². The van der Waals surface area contributed by atoms with Gasteiger partial charge in [0.05, 0.1) is 6.54 Å². The standard InChI is InChI=1S/C19H29N5/c1-3-24-14-11-21-19(24)16-23-12-6-8-18(15-23)22(2)13-9-17-7-4-5-10-20-17/h4-5,7,10-11,14,18H,3,6,8-9,12-13,15-16H2,1-2H3. The first-order chi connectivity index (χ1) is 11.8. The molecule has 2 aromatic rings. The Bertz CT molecular complexity index is 609. The number of rotatable bonds is 7. The van der Waals surface area contributed by atoms with Crippen LogP contribution in [0.1, 0.15) is 31.3 Å². The molecule has 130 valence electrons. The molecule has 0 radical (unpaired) electrons. The van der Waals surface area contributed by atoms with E-state index in [9.17, 15) is 0 Å². The number of aromatic nitrogens is 3. The van der Waals surface area contributed by atoms with E-state index in [4.69, 9.17) is 0 Å². The fourth-order valence-electron chi connectivity index (χ4n) is 3.53. The monoisotopic (exact) mass is 327 g/mol. The Balaban J connectivity index is 1.51. The average molecular weight is 327 g/mol. The van der Waals surface area contributed by atoms with Gasteiger partial charge in [-0.05, 0) is 45.5 Å². The van der Waals surface area contributed by atoms with Gasteiger partial charge in [0, 0.05) is 56.4 Å². The van der Waals surface area contributed by atoms with E-state index >= 15 is 0 Å². The summed E-state index contributed by atoms with van der Waals surface area (Å²) in [5.41, 5.74) is 1.18. The molecule has 0 spiro atoms. The summed E-state index contributed by atoms with van der Waals surface area (Å²) in [6, 6.07) is 6.80. The quantitative estimate of drug-likeness (QED) is 0.783.